The molecule has 0 aromatic rings. The summed E-state index contributed by atoms with van der Waals surface area (Å²) >= 11 is 0. The van der Waals surface area contributed by atoms with Crippen LogP contribution in [0.15, 0.2) is 0 Å². The number of hydrogen-bond acceptors (Lipinski definition) is 1. The fourth-order valence-corrected chi connectivity index (χ4v) is 1.76. The van der Waals surface area contributed by atoms with Crippen molar-refractivity contribution >= 4 is 0 Å². The van der Waals surface area contributed by atoms with Gasteiger partial charge in [0.1, 0.15) is 0 Å². The van der Waals surface area contributed by atoms with E-state index in [9.17, 15) is 0 Å². The molecule has 0 amide bonds. The maximum atomic E-state index is 5.77. The standard InChI is InChI=1S/C12H27N/c1-5-11(4)12(9-13)8-6-7-10(2)3/h10-12H,5-9,13H2,1-4H3/t11-,12+/m1/s1. The zero-order valence-corrected chi connectivity index (χ0v) is 9.84. The summed E-state index contributed by atoms with van der Waals surface area (Å²) in [5.41, 5.74) is 5.77. The molecule has 0 aliphatic heterocycles. The van der Waals surface area contributed by atoms with E-state index in [1.807, 2.05) is 0 Å². The molecule has 2 atom stereocenters. The molecular weight excluding hydrogens is 158 g/mol. The van der Waals surface area contributed by atoms with E-state index in [0.29, 0.717) is 0 Å². The summed E-state index contributed by atoms with van der Waals surface area (Å²) in [7, 11) is 0. The Kier molecular flexibility index (Phi) is 7.35. The molecule has 0 aromatic carbocycles. The lowest BCUT2D eigenvalue weighted by molar-refractivity contribution is 0.318. The van der Waals surface area contributed by atoms with Gasteiger partial charge in [0.25, 0.3) is 0 Å². The lowest BCUT2D eigenvalue weighted by atomic mass is 9.87. The second-order valence-electron chi connectivity index (χ2n) is 4.71. The topological polar surface area (TPSA) is 26.0 Å². The highest BCUT2D eigenvalue weighted by atomic mass is 14.6. The van der Waals surface area contributed by atoms with E-state index in [4.69, 9.17) is 5.73 Å². The molecule has 0 aromatic heterocycles. The number of hydrogen-bond donors (Lipinski definition) is 1. The van der Waals surface area contributed by atoms with Crippen molar-refractivity contribution in [3.8, 4) is 0 Å². The lowest BCUT2D eigenvalue weighted by Crippen LogP contribution is -2.21. The zero-order valence-electron chi connectivity index (χ0n) is 9.84. The van der Waals surface area contributed by atoms with Crippen LogP contribution in [-0.2, 0) is 0 Å². The summed E-state index contributed by atoms with van der Waals surface area (Å²) in [6.45, 7) is 10.0. The van der Waals surface area contributed by atoms with Gasteiger partial charge in [0.15, 0.2) is 0 Å². The predicted molar refractivity (Wildman–Crippen MR) is 60.7 cm³/mol. The van der Waals surface area contributed by atoms with E-state index < -0.39 is 0 Å². The van der Waals surface area contributed by atoms with E-state index in [1.54, 1.807) is 0 Å². The van der Waals surface area contributed by atoms with E-state index in [0.717, 1.165) is 24.3 Å². The van der Waals surface area contributed by atoms with Crippen molar-refractivity contribution in [2.75, 3.05) is 6.54 Å². The summed E-state index contributed by atoms with van der Waals surface area (Å²) in [6.07, 6.45) is 5.30. The van der Waals surface area contributed by atoms with Crippen LogP contribution in [0.1, 0.15) is 53.4 Å². The van der Waals surface area contributed by atoms with E-state index in [-0.39, 0.29) is 0 Å². The summed E-state index contributed by atoms with van der Waals surface area (Å²) in [5.74, 6) is 2.40. The minimum atomic E-state index is 0.753. The Labute approximate surface area is 84.1 Å². The van der Waals surface area contributed by atoms with Crippen LogP contribution >= 0.6 is 0 Å². The van der Waals surface area contributed by atoms with Gasteiger partial charge in [-0.3, -0.25) is 0 Å². The third-order valence-corrected chi connectivity index (χ3v) is 3.11. The van der Waals surface area contributed by atoms with Gasteiger partial charge in [0.2, 0.25) is 0 Å². The molecule has 0 unspecified atom stereocenters. The maximum Gasteiger partial charge on any atom is -0.00463 e. The second-order valence-corrected chi connectivity index (χ2v) is 4.71. The summed E-state index contributed by atoms with van der Waals surface area (Å²) < 4.78 is 0. The van der Waals surface area contributed by atoms with Crippen molar-refractivity contribution in [3.63, 3.8) is 0 Å². The number of rotatable bonds is 7. The Morgan fingerprint density at radius 3 is 2.08 bits per heavy atom. The first-order valence-corrected chi connectivity index (χ1v) is 5.81. The fraction of sp³-hybridized carbons (Fsp3) is 1.00. The van der Waals surface area contributed by atoms with Gasteiger partial charge in [-0.2, -0.15) is 0 Å². The van der Waals surface area contributed by atoms with Gasteiger partial charge < -0.3 is 5.73 Å². The first-order chi connectivity index (χ1) is 6.11. The molecule has 13 heavy (non-hydrogen) atoms. The molecule has 0 saturated heterocycles. The molecule has 0 bridgehead atoms. The third-order valence-electron chi connectivity index (χ3n) is 3.11. The van der Waals surface area contributed by atoms with Crippen LogP contribution < -0.4 is 5.73 Å². The average Bonchev–Trinajstić information content (AvgIpc) is 2.11. The maximum absolute atomic E-state index is 5.77. The molecule has 0 aliphatic rings. The van der Waals surface area contributed by atoms with Crippen molar-refractivity contribution in [2.24, 2.45) is 23.5 Å². The van der Waals surface area contributed by atoms with E-state index in [1.165, 1.54) is 25.7 Å². The van der Waals surface area contributed by atoms with Crippen LogP contribution in [-0.4, -0.2) is 6.54 Å². The Morgan fingerprint density at radius 1 is 1.08 bits per heavy atom. The average molecular weight is 185 g/mol. The molecule has 1 heteroatoms. The van der Waals surface area contributed by atoms with E-state index in [2.05, 4.69) is 27.7 Å². The van der Waals surface area contributed by atoms with Gasteiger partial charge in [-0.05, 0) is 30.7 Å². The first kappa shape index (κ1) is 13.0. The van der Waals surface area contributed by atoms with Crippen molar-refractivity contribution in [1.82, 2.24) is 0 Å². The highest BCUT2D eigenvalue weighted by Gasteiger charge is 2.13. The largest absolute Gasteiger partial charge is 0.330 e. The van der Waals surface area contributed by atoms with Crippen LogP contribution in [0.2, 0.25) is 0 Å². The molecule has 0 saturated carbocycles. The molecule has 80 valence electrons. The quantitative estimate of drug-likeness (QED) is 0.646. The molecule has 0 aliphatic carbocycles. The molecule has 2 N–H and O–H groups in total. The third kappa shape index (κ3) is 6.09. The molecule has 0 heterocycles. The van der Waals surface area contributed by atoms with Crippen LogP contribution in [0.3, 0.4) is 0 Å². The van der Waals surface area contributed by atoms with E-state index >= 15 is 0 Å². The van der Waals surface area contributed by atoms with Crippen LogP contribution in [0.4, 0.5) is 0 Å². The van der Waals surface area contributed by atoms with Gasteiger partial charge in [-0.25, -0.2) is 0 Å². The highest BCUT2D eigenvalue weighted by Crippen LogP contribution is 2.21. The molecule has 0 spiro atoms. The summed E-state index contributed by atoms with van der Waals surface area (Å²) in [6, 6.07) is 0. The van der Waals surface area contributed by atoms with Gasteiger partial charge in [-0.15, -0.1) is 0 Å². The van der Waals surface area contributed by atoms with Crippen molar-refractivity contribution < 1.29 is 0 Å². The second kappa shape index (κ2) is 7.37. The van der Waals surface area contributed by atoms with Gasteiger partial charge >= 0.3 is 0 Å². The van der Waals surface area contributed by atoms with Crippen molar-refractivity contribution in [1.29, 1.82) is 0 Å². The molecule has 0 radical (unpaired) electrons. The molecule has 0 rings (SSSR count). The van der Waals surface area contributed by atoms with Gasteiger partial charge in [0.05, 0.1) is 0 Å². The minimum absolute atomic E-state index is 0.753. The predicted octanol–water partition coefficient (Wildman–Crippen LogP) is 3.43. The Balaban J connectivity index is 3.59. The summed E-state index contributed by atoms with van der Waals surface area (Å²) in [4.78, 5) is 0. The fourth-order valence-electron chi connectivity index (χ4n) is 1.76. The molecule has 1 nitrogen and oxygen atoms in total. The summed E-state index contributed by atoms with van der Waals surface area (Å²) in [5, 5.41) is 0. The van der Waals surface area contributed by atoms with Crippen molar-refractivity contribution in [2.45, 2.75) is 53.4 Å². The number of nitrogens with two attached hydrogens (primary N) is 1. The Hall–Kier alpha value is -0.0400. The normalized spacial score (nSPS) is 16.2. The van der Waals surface area contributed by atoms with Gasteiger partial charge in [-0.1, -0.05) is 47.0 Å². The Bertz CT molecular complexity index is 110. The minimum Gasteiger partial charge on any atom is -0.330 e. The lowest BCUT2D eigenvalue weighted by Gasteiger charge is -2.21. The SMILES string of the molecule is CC[C@@H](C)[C@H](CN)CCCC(C)C. The zero-order chi connectivity index (χ0) is 10.3. The monoisotopic (exact) mass is 185 g/mol. The van der Waals surface area contributed by atoms with Crippen LogP contribution in [0.25, 0.3) is 0 Å². The smallest absolute Gasteiger partial charge is 0.00463 e. The van der Waals surface area contributed by atoms with Crippen molar-refractivity contribution in [3.05, 3.63) is 0 Å². The Morgan fingerprint density at radius 2 is 1.69 bits per heavy atom. The van der Waals surface area contributed by atoms with Crippen LogP contribution in [0, 0.1) is 17.8 Å². The molecule has 0 fully saturated rings. The van der Waals surface area contributed by atoms with Crippen LogP contribution in [0.5, 0.6) is 0 Å². The van der Waals surface area contributed by atoms with Gasteiger partial charge in [0, 0.05) is 0 Å². The first-order valence-electron chi connectivity index (χ1n) is 5.81. The molecular formula is C12H27N. The highest BCUT2D eigenvalue weighted by molar-refractivity contribution is 4.66.